The Morgan fingerprint density at radius 1 is 0.911 bits per heavy atom. The molecule has 12 heteroatoms. The van der Waals surface area contributed by atoms with Crippen molar-refractivity contribution >= 4 is 22.5 Å². The fourth-order valence-corrected chi connectivity index (χ4v) is 4.50. The molecule has 45 heavy (non-hydrogen) atoms. The number of carbonyl (C=O) groups excluding carboxylic acids is 1. The summed E-state index contributed by atoms with van der Waals surface area (Å²) in [5.74, 6) is -1.16. The lowest BCUT2D eigenvalue weighted by atomic mass is 10.1. The predicted molar refractivity (Wildman–Crippen MR) is 165 cm³/mol. The van der Waals surface area contributed by atoms with E-state index in [2.05, 4.69) is 10.3 Å². The molecule has 0 saturated heterocycles. The van der Waals surface area contributed by atoms with Crippen molar-refractivity contribution < 1.29 is 27.8 Å². The number of halogens is 2. The first-order valence-electron chi connectivity index (χ1n) is 13.6. The van der Waals surface area contributed by atoms with Gasteiger partial charge in [0.25, 0.3) is 11.5 Å². The van der Waals surface area contributed by atoms with Crippen LogP contribution in [0.25, 0.3) is 16.6 Å². The number of ether oxygens (including phenoxy) is 3. The van der Waals surface area contributed by atoms with E-state index in [-0.39, 0.29) is 29.2 Å². The van der Waals surface area contributed by atoms with Crippen LogP contribution in [0.2, 0.25) is 0 Å². The third-order valence-corrected chi connectivity index (χ3v) is 6.80. The van der Waals surface area contributed by atoms with Gasteiger partial charge in [-0.3, -0.25) is 19.1 Å². The van der Waals surface area contributed by atoms with Gasteiger partial charge in [0.15, 0.2) is 23.1 Å². The maximum atomic E-state index is 15.3. The minimum atomic E-state index is -0.922. The number of hydrogen-bond donors (Lipinski definition) is 1. The van der Waals surface area contributed by atoms with Crippen molar-refractivity contribution in [3.05, 3.63) is 123 Å². The lowest BCUT2D eigenvalue weighted by molar-refractivity contribution is 0.102. The fraction of sp³-hybridized carbons (Fsp3) is 0.152. The van der Waals surface area contributed by atoms with Crippen LogP contribution in [0.5, 0.6) is 23.0 Å². The molecule has 3 aromatic carbocycles. The molecule has 0 radical (unpaired) electrons. The van der Waals surface area contributed by atoms with E-state index in [4.69, 9.17) is 14.2 Å². The number of allylic oxidation sites excluding steroid dienone is 2. The molecule has 0 spiro atoms. The Morgan fingerprint density at radius 2 is 1.62 bits per heavy atom. The molecule has 1 N–H and O–H groups in total. The van der Waals surface area contributed by atoms with E-state index in [0.29, 0.717) is 28.2 Å². The molecule has 10 nitrogen and oxygen atoms in total. The van der Waals surface area contributed by atoms with Gasteiger partial charge in [0.1, 0.15) is 17.1 Å². The highest BCUT2D eigenvalue weighted by Gasteiger charge is 2.20. The monoisotopic (exact) mass is 614 g/mol. The number of amides is 1. The highest BCUT2D eigenvalue weighted by Crippen LogP contribution is 2.37. The topological polar surface area (TPSA) is 114 Å². The van der Waals surface area contributed by atoms with Gasteiger partial charge >= 0.3 is 5.69 Å². The summed E-state index contributed by atoms with van der Waals surface area (Å²) in [5.41, 5.74) is -0.461. The Bertz CT molecular complexity index is 2070. The molecule has 0 atom stereocenters. The molecule has 5 rings (SSSR count). The second-order valence-corrected chi connectivity index (χ2v) is 10.1. The maximum absolute atomic E-state index is 15.3. The van der Waals surface area contributed by atoms with E-state index < -0.39 is 28.8 Å². The average molecular weight is 615 g/mol. The lowest BCUT2D eigenvalue weighted by Gasteiger charge is -2.14. The van der Waals surface area contributed by atoms with Crippen LogP contribution in [0.4, 0.5) is 14.5 Å². The Hall–Kier alpha value is -5.78. The highest BCUT2D eigenvalue weighted by molar-refractivity contribution is 6.04. The number of carbonyl (C=O) groups is 1. The third-order valence-electron chi connectivity index (χ3n) is 6.80. The van der Waals surface area contributed by atoms with Crippen molar-refractivity contribution in [1.29, 1.82) is 0 Å². The zero-order valence-corrected chi connectivity index (χ0v) is 24.8. The van der Waals surface area contributed by atoms with Crippen LogP contribution in [0.1, 0.15) is 24.2 Å². The van der Waals surface area contributed by atoms with Crippen molar-refractivity contribution in [2.75, 3.05) is 19.5 Å². The normalized spacial score (nSPS) is 10.8. The first kappa shape index (κ1) is 30.7. The summed E-state index contributed by atoms with van der Waals surface area (Å²) < 4.78 is 47.3. The Balaban J connectivity index is 1.46. The number of aromatic nitrogens is 3. The number of fused-ring (bicyclic) bond motifs is 1. The second-order valence-electron chi connectivity index (χ2n) is 10.1. The number of nitrogens with one attached hydrogen (secondary N) is 1. The summed E-state index contributed by atoms with van der Waals surface area (Å²) in [4.78, 5) is 44.2. The molecule has 5 aromatic rings. The van der Waals surface area contributed by atoms with E-state index in [1.807, 2.05) is 13.8 Å². The Labute approximate surface area is 255 Å². The summed E-state index contributed by atoms with van der Waals surface area (Å²) in [5, 5.41) is 3.06. The van der Waals surface area contributed by atoms with Crippen molar-refractivity contribution in [1.82, 2.24) is 14.1 Å². The molecule has 230 valence electrons. The molecular formula is C33H28F2N4O6. The molecule has 0 aliphatic heterocycles. The zero-order valence-electron chi connectivity index (χ0n) is 24.8. The highest BCUT2D eigenvalue weighted by atomic mass is 19.1. The third kappa shape index (κ3) is 6.44. The number of hydrogen-bond acceptors (Lipinski definition) is 7. The number of methoxy groups -OCH3 is 2. The van der Waals surface area contributed by atoms with E-state index in [1.54, 1.807) is 24.3 Å². The molecule has 2 heterocycles. The van der Waals surface area contributed by atoms with Crippen molar-refractivity contribution in [2.24, 2.45) is 0 Å². The summed E-state index contributed by atoms with van der Waals surface area (Å²) in [6.07, 6.45) is 4.40. The summed E-state index contributed by atoms with van der Waals surface area (Å²) in [6.45, 7) is 3.75. The van der Waals surface area contributed by atoms with Gasteiger partial charge in [-0.2, -0.15) is 0 Å². The van der Waals surface area contributed by atoms with E-state index in [0.717, 1.165) is 34.5 Å². The van der Waals surface area contributed by atoms with Gasteiger partial charge in [-0.05, 0) is 62.4 Å². The van der Waals surface area contributed by atoms with Crippen molar-refractivity contribution in [3.8, 4) is 28.7 Å². The molecule has 0 aliphatic rings. The van der Waals surface area contributed by atoms with Gasteiger partial charge < -0.3 is 19.5 Å². The molecule has 2 aromatic heterocycles. The largest absolute Gasteiger partial charge is 0.493 e. The quantitative estimate of drug-likeness (QED) is 0.207. The molecule has 0 aliphatic carbocycles. The minimum Gasteiger partial charge on any atom is -0.493 e. The first-order chi connectivity index (χ1) is 21.6. The lowest BCUT2D eigenvalue weighted by Crippen LogP contribution is -2.42. The van der Waals surface area contributed by atoms with E-state index >= 15 is 4.39 Å². The summed E-state index contributed by atoms with van der Waals surface area (Å²) >= 11 is 0. The van der Waals surface area contributed by atoms with Crippen LogP contribution in [0.15, 0.2) is 94.3 Å². The second kappa shape index (κ2) is 12.8. The smallest absolute Gasteiger partial charge is 0.335 e. The summed E-state index contributed by atoms with van der Waals surface area (Å²) in [7, 11) is 2.99. The average Bonchev–Trinajstić information content (AvgIpc) is 3.02. The minimum absolute atomic E-state index is 0.0330. The number of pyridine rings is 1. The van der Waals surface area contributed by atoms with Crippen LogP contribution < -0.4 is 30.8 Å². The van der Waals surface area contributed by atoms with Crippen LogP contribution >= 0.6 is 0 Å². The van der Waals surface area contributed by atoms with Crippen LogP contribution in [-0.2, 0) is 6.54 Å². The van der Waals surface area contributed by atoms with E-state index in [9.17, 15) is 18.8 Å². The molecular weight excluding hydrogens is 586 g/mol. The number of anilines is 1. The Morgan fingerprint density at radius 3 is 2.29 bits per heavy atom. The van der Waals surface area contributed by atoms with Gasteiger partial charge in [-0.25, -0.2) is 18.1 Å². The Kier molecular flexibility index (Phi) is 8.75. The van der Waals surface area contributed by atoms with Gasteiger partial charge in [0, 0.05) is 42.1 Å². The van der Waals surface area contributed by atoms with Crippen molar-refractivity contribution in [2.45, 2.75) is 20.4 Å². The fourth-order valence-electron chi connectivity index (χ4n) is 4.50. The number of nitrogens with zero attached hydrogens (tertiary/aromatic N) is 3. The standard InChI is InChI=1S/C33H28F2N4O6/c1-19(2)12-14-38-18-24(32(41)39(33(38)42)22-8-5-20(34)6-9-22)31(40)37-21-7-10-28(25(35)15-21)45-27-11-13-36-26-17-30(44-4)29(43-3)16-23(26)27/h5-13,15-18H,14H2,1-4H3,(H,37,40). The van der Waals surface area contributed by atoms with Crippen molar-refractivity contribution in [3.63, 3.8) is 0 Å². The molecule has 1 amide bonds. The van der Waals surface area contributed by atoms with Crippen LogP contribution in [-0.4, -0.2) is 34.2 Å². The molecule has 0 saturated carbocycles. The zero-order chi connectivity index (χ0) is 32.2. The molecule has 0 bridgehead atoms. The number of benzene rings is 3. The predicted octanol–water partition coefficient (Wildman–Crippen LogP) is 5.85. The van der Waals surface area contributed by atoms with Gasteiger partial charge in [-0.15, -0.1) is 0 Å². The molecule has 0 unspecified atom stereocenters. The van der Waals surface area contributed by atoms with E-state index in [1.165, 1.54) is 49.2 Å². The van der Waals surface area contributed by atoms with Crippen LogP contribution in [0.3, 0.4) is 0 Å². The first-order valence-corrected chi connectivity index (χ1v) is 13.6. The molecule has 0 fully saturated rings. The summed E-state index contributed by atoms with van der Waals surface area (Å²) in [6, 6.07) is 13.4. The maximum Gasteiger partial charge on any atom is 0.335 e. The van der Waals surface area contributed by atoms with Gasteiger partial charge in [0.05, 0.1) is 25.4 Å². The van der Waals surface area contributed by atoms with Gasteiger partial charge in [-0.1, -0.05) is 11.6 Å². The number of rotatable bonds is 9. The van der Waals surface area contributed by atoms with Gasteiger partial charge in [0.2, 0.25) is 0 Å². The SMILES string of the molecule is COc1cc2nccc(Oc3ccc(NC(=O)c4cn(CC=C(C)C)c(=O)n(-c5ccc(F)cc5)c4=O)cc3F)c2cc1OC. The van der Waals surface area contributed by atoms with Crippen LogP contribution in [0, 0.1) is 11.6 Å².